The first kappa shape index (κ1) is 17.7. The minimum absolute atomic E-state index is 0.0872. The zero-order chi connectivity index (χ0) is 17.0. The number of amides is 2. The van der Waals surface area contributed by atoms with Crippen LogP contribution in [0.2, 0.25) is 0 Å². The highest BCUT2D eigenvalue weighted by Crippen LogP contribution is 2.21. The van der Waals surface area contributed by atoms with E-state index >= 15 is 0 Å². The highest BCUT2D eigenvalue weighted by atomic mass is 32.2. The number of sulfone groups is 1. The average Bonchev–Trinajstić information content (AvgIpc) is 2.98. The van der Waals surface area contributed by atoms with Crippen molar-refractivity contribution in [3.63, 3.8) is 0 Å². The van der Waals surface area contributed by atoms with Crippen molar-refractivity contribution in [3.05, 3.63) is 23.8 Å². The molecule has 1 aromatic carbocycles. The SMILES string of the molecule is CCN(CC1CCCO1)C(=O)Nc1cc(S(C)(=O)=O)ccc1C. The minimum Gasteiger partial charge on any atom is -0.376 e. The number of carbonyl (C=O) groups excluding carboxylic acids is 1. The van der Waals surface area contributed by atoms with Crippen LogP contribution >= 0.6 is 0 Å². The van der Waals surface area contributed by atoms with Gasteiger partial charge in [0, 0.05) is 31.6 Å². The van der Waals surface area contributed by atoms with Gasteiger partial charge < -0.3 is 15.0 Å². The zero-order valence-electron chi connectivity index (χ0n) is 13.8. The third-order valence-corrected chi connectivity index (χ3v) is 5.11. The number of rotatable bonds is 5. The summed E-state index contributed by atoms with van der Waals surface area (Å²) in [5, 5.41) is 2.81. The molecule has 7 heteroatoms. The van der Waals surface area contributed by atoms with Crippen LogP contribution < -0.4 is 5.32 Å². The molecule has 1 N–H and O–H groups in total. The molecule has 128 valence electrons. The summed E-state index contributed by atoms with van der Waals surface area (Å²) in [6.45, 7) is 5.61. The van der Waals surface area contributed by atoms with Gasteiger partial charge in [-0.25, -0.2) is 13.2 Å². The number of nitrogens with one attached hydrogen (secondary N) is 1. The second-order valence-electron chi connectivity index (χ2n) is 5.85. The van der Waals surface area contributed by atoms with E-state index in [1.165, 1.54) is 6.07 Å². The number of hydrogen-bond donors (Lipinski definition) is 1. The van der Waals surface area contributed by atoms with Gasteiger partial charge in [0.15, 0.2) is 9.84 Å². The second kappa shape index (κ2) is 7.31. The Hall–Kier alpha value is -1.60. The summed E-state index contributed by atoms with van der Waals surface area (Å²) in [5.74, 6) is 0. The van der Waals surface area contributed by atoms with E-state index in [-0.39, 0.29) is 17.0 Å². The number of benzene rings is 1. The molecule has 1 aliphatic heterocycles. The molecule has 0 radical (unpaired) electrons. The van der Waals surface area contributed by atoms with Gasteiger partial charge >= 0.3 is 6.03 Å². The van der Waals surface area contributed by atoms with Crippen molar-refractivity contribution < 1.29 is 17.9 Å². The van der Waals surface area contributed by atoms with Crippen LogP contribution in [0.1, 0.15) is 25.3 Å². The predicted octanol–water partition coefficient (Wildman–Crippen LogP) is 2.43. The Morgan fingerprint density at radius 3 is 2.74 bits per heavy atom. The number of urea groups is 1. The van der Waals surface area contributed by atoms with Crippen LogP contribution in [-0.2, 0) is 14.6 Å². The van der Waals surface area contributed by atoms with E-state index in [0.29, 0.717) is 18.8 Å². The van der Waals surface area contributed by atoms with E-state index < -0.39 is 9.84 Å². The van der Waals surface area contributed by atoms with Crippen molar-refractivity contribution in [2.45, 2.75) is 37.7 Å². The molecule has 0 bridgehead atoms. The van der Waals surface area contributed by atoms with Gasteiger partial charge in [0.05, 0.1) is 11.0 Å². The largest absolute Gasteiger partial charge is 0.376 e. The van der Waals surface area contributed by atoms with Crippen LogP contribution in [0.15, 0.2) is 23.1 Å². The number of aryl methyl sites for hydroxylation is 1. The molecule has 1 aromatic rings. The number of anilines is 1. The lowest BCUT2D eigenvalue weighted by Gasteiger charge is -2.24. The lowest BCUT2D eigenvalue weighted by Crippen LogP contribution is -2.40. The standard InChI is InChI=1S/C16H24N2O4S/c1-4-18(11-13-6-5-9-22-13)16(19)17-15-10-14(23(3,20)21)8-7-12(15)2/h7-8,10,13H,4-6,9,11H2,1-3H3,(H,17,19). The summed E-state index contributed by atoms with van der Waals surface area (Å²) in [6.07, 6.45) is 3.23. The smallest absolute Gasteiger partial charge is 0.321 e. The zero-order valence-corrected chi connectivity index (χ0v) is 14.6. The molecular formula is C16H24N2O4S. The second-order valence-corrected chi connectivity index (χ2v) is 7.87. The van der Waals surface area contributed by atoms with Crippen molar-refractivity contribution in [1.29, 1.82) is 0 Å². The van der Waals surface area contributed by atoms with E-state index in [9.17, 15) is 13.2 Å². The van der Waals surface area contributed by atoms with Crippen molar-refractivity contribution in [1.82, 2.24) is 4.90 Å². The lowest BCUT2D eigenvalue weighted by molar-refractivity contribution is 0.0849. The Morgan fingerprint density at radius 2 is 2.17 bits per heavy atom. The third kappa shape index (κ3) is 4.68. The van der Waals surface area contributed by atoms with Gasteiger partial charge in [0.2, 0.25) is 0 Å². The first-order valence-corrected chi connectivity index (χ1v) is 9.68. The van der Waals surface area contributed by atoms with Crippen LogP contribution in [0.3, 0.4) is 0 Å². The van der Waals surface area contributed by atoms with Gasteiger partial charge in [-0.15, -0.1) is 0 Å². The molecule has 0 spiro atoms. The summed E-state index contributed by atoms with van der Waals surface area (Å²) < 4.78 is 28.9. The van der Waals surface area contributed by atoms with E-state index in [4.69, 9.17) is 4.74 Å². The molecule has 1 aliphatic rings. The van der Waals surface area contributed by atoms with E-state index in [2.05, 4.69) is 5.32 Å². The van der Waals surface area contributed by atoms with Gasteiger partial charge in [0.1, 0.15) is 0 Å². The van der Waals surface area contributed by atoms with Crippen molar-refractivity contribution in [3.8, 4) is 0 Å². The summed E-state index contributed by atoms with van der Waals surface area (Å²) in [6, 6.07) is 4.51. The third-order valence-electron chi connectivity index (χ3n) is 4.00. The van der Waals surface area contributed by atoms with Gasteiger partial charge in [-0.2, -0.15) is 0 Å². The molecule has 0 aliphatic carbocycles. The molecule has 1 atom stereocenters. The maximum absolute atomic E-state index is 12.5. The topological polar surface area (TPSA) is 75.7 Å². The molecule has 2 amide bonds. The molecule has 1 fully saturated rings. The van der Waals surface area contributed by atoms with Gasteiger partial charge in [-0.05, 0) is 44.4 Å². The van der Waals surface area contributed by atoms with Crippen molar-refractivity contribution >= 4 is 21.6 Å². The summed E-state index contributed by atoms with van der Waals surface area (Å²) >= 11 is 0. The Kier molecular flexibility index (Phi) is 5.64. The molecular weight excluding hydrogens is 316 g/mol. The fourth-order valence-corrected chi connectivity index (χ4v) is 3.20. The van der Waals surface area contributed by atoms with E-state index in [1.54, 1.807) is 17.0 Å². The monoisotopic (exact) mass is 340 g/mol. The van der Waals surface area contributed by atoms with E-state index in [1.807, 2.05) is 13.8 Å². The van der Waals surface area contributed by atoms with Crippen LogP contribution in [-0.4, -0.2) is 51.4 Å². The van der Waals surface area contributed by atoms with Crippen LogP contribution in [0.25, 0.3) is 0 Å². The molecule has 2 rings (SSSR count). The lowest BCUT2D eigenvalue weighted by atomic mass is 10.2. The summed E-state index contributed by atoms with van der Waals surface area (Å²) in [7, 11) is -3.31. The minimum atomic E-state index is -3.31. The first-order valence-electron chi connectivity index (χ1n) is 7.79. The molecule has 1 unspecified atom stereocenters. The number of hydrogen-bond acceptors (Lipinski definition) is 4. The molecule has 0 aromatic heterocycles. The van der Waals surface area contributed by atoms with Gasteiger partial charge in [-0.3, -0.25) is 0 Å². The van der Waals surface area contributed by atoms with Crippen LogP contribution in [0.4, 0.5) is 10.5 Å². The van der Waals surface area contributed by atoms with Crippen LogP contribution in [0.5, 0.6) is 0 Å². The molecule has 1 heterocycles. The number of nitrogens with zero attached hydrogens (tertiary/aromatic N) is 1. The summed E-state index contributed by atoms with van der Waals surface area (Å²) in [4.78, 5) is 14.3. The number of carbonyl (C=O) groups is 1. The average molecular weight is 340 g/mol. The van der Waals surface area contributed by atoms with Crippen molar-refractivity contribution in [2.24, 2.45) is 0 Å². The molecule has 0 saturated carbocycles. The number of ether oxygens (including phenoxy) is 1. The van der Waals surface area contributed by atoms with E-state index in [0.717, 1.165) is 31.3 Å². The van der Waals surface area contributed by atoms with Crippen LogP contribution in [0, 0.1) is 6.92 Å². The maximum atomic E-state index is 12.5. The molecule has 6 nitrogen and oxygen atoms in total. The Bertz CT molecular complexity index is 667. The molecule has 23 heavy (non-hydrogen) atoms. The maximum Gasteiger partial charge on any atom is 0.321 e. The normalized spacial score (nSPS) is 18.0. The van der Waals surface area contributed by atoms with Gasteiger partial charge in [-0.1, -0.05) is 6.07 Å². The molecule has 1 saturated heterocycles. The quantitative estimate of drug-likeness (QED) is 0.893. The summed E-state index contributed by atoms with van der Waals surface area (Å²) in [5.41, 5.74) is 1.34. The highest BCUT2D eigenvalue weighted by molar-refractivity contribution is 7.90. The fourth-order valence-electron chi connectivity index (χ4n) is 2.55. The van der Waals surface area contributed by atoms with Crippen molar-refractivity contribution in [2.75, 3.05) is 31.3 Å². The predicted molar refractivity (Wildman–Crippen MR) is 89.5 cm³/mol. The fraction of sp³-hybridized carbons (Fsp3) is 0.562. The Balaban J connectivity index is 2.11. The number of likely N-dealkylation sites (N-methyl/N-ethyl adjacent to an activating group) is 1. The highest BCUT2D eigenvalue weighted by Gasteiger charge is 2.22. The van der Waals surface area contributed by atoms with Gasteiger partial charge in [0.25, 0.3) is 0 Å². The Labute approximate surface area is 137 Å². The Morgan fingerprint density at radius 1 is 1.43 bits per heavy atom. The first-order chi connectivity index (χ1) is 10.8.